The van der Waals surface area contributed by atoms with Crippen LogP contribution < -0.4 is 5.32 Å². The Bertz CT molecular complexity index is 1000. The summed E-state index contributed by atoms with van der Waals surface area (Å²) in [7, 11) is 0. The predicted molar refractivity (Wildman–Crippen MR) is 101 cm³/mol. The van der Waals surface area contributed by atoms with Gasteiger partial charge in [0.15, 0.2) is 5.82 Å². The molecular weight excluding hydrogens is 342 g/mol. The lowest BCUT2D eigenvalue weighted by Gasteiger charge is -2.07. The number of amides is 1. The third-order valence-electron chi connectivity index (χ3n) is 4.23. The quantitative estimate of drug-likeness (QED) is 0.871. The highest BCUT2D eigenvalue weighted by molar-refractivity contribution is 5.93. The third-order valence-corrected chi connectivity index (χ3v) is 4.23. The van der Waals surface area contributed by atoms with Crippen LogP contribution in [0.4, 0.5) is 0 Å². The summed E-state index contributed by atoms with van der Waals surface area (Å²) in [6.45, 7) is 4.28. The zero-order chi connectivity index (χ0) is 19.4. The molecule has 2 N–H and O–H groups in total. The monoisotopic (exact) mass is 361 g/mol. The molecule has 0 fully saturated rings. The van der Waals surface area contributed by atoms with Gasteiger partial charge in [0.1, 0.15) is 0 Å². The van der Waals surface area contributed by atoms with E-state index in [9.17, 15) is 9.90 Å². The van der Waals surface area contributed by atoms with E-state index in [2.05, 4.69) is 21.5 Å². The Balaban J connectivity index is 1.95. The lowest BCUT2D eigenvalue weighted by atomic mass is 10.0. The van der Waals surface area contributed by atoms with Gasteiger partial charge in [-0.1, -0.05) is 6.08 Å². The van der Waals surface area contributed by atoms with Crippen LogP contribution in [0.15, 0.2) is 53.9 Å². The number of aromatic nitrogens is 3. The van der Waals surface area contributed by atoms with Crippen molar-refractivity contribution in [3.63, 3.8) is 0 Å². The smallest absolute Gasteiger partial charge is 0.252 e. The summed E-state index contributed by atoms with van der Waals surface area (Å²) in [6.07, 6.45) is 9.04. The third kappa shape index (κ3) is 3.65. The first-order valence-corrected chi connectivity index (χ1v) is 8.55. The average Bonchev–Trinajstić information content (AvgIpc) is 2.94. The molecule has 7 heteroatoms. The van der Waals surface area contributed by atoms with Crippen LogP contribution >= 0.6 is 0 Å². The minimum Gasteiger partial charge on any atom is -0.493 e. The van der Waals surface area contributed by atoms with Gasteiger partial charge >= 0.3 is 0 Å². The van der Waals surface area contributed by atoms with E-state index in [1.165, 1.54) is 10.9 Å². The minimum atomic E-state index is -0.201. The van der Waals surface area contributed by atoms with E-state index < -0.39 is 0 Å². The Labute approximate surface area is 157 Å². The van der Waals surface area contributed by atoms with E-state index in [1.807, 2.05) is 19.9 Å². The van der Waals surface area contributed by atoms with Crippen molar-refractivity contribution in [3.05, 3.63) is 65.0 Å². The Morgan fingerprint density at radius 1 is 1.41 bits per heavy atom. The van der Waals surface area contributed by atoms with Crippen LogP contribution in [0.5, 0.6) is 5.88 Å². The predicted octanol–water partition coefficient (Wildman–Crippen LogP) is 2.91. The van der Waals surface area contributed by atoms with Gasteiger partial charge in [-0.2, -0.15) is 15.0 Å². The average molecular weight is 361 g/mol. The van der Waals surface area contributed by atoms with Crippen LogP contribution in [-0.2, 0) is 0 Å². The number of hydrogen-bond donors (Lipinski definition) is 2. The van der Waals surface area contributed by atoms with E-state index in [0.29, 0.717) is 35.5 Å². The number of aromatic hydroxyl groups is 1. The molecule has 1 aliphatic rings. The van der Waals surface area contributed by atoms with Gasteiger partial charge in [0.25, 0.3) is 5.91 Å². The fourth-order valence-corrected chi connectivity index (χ4v) is 2.86. The van der Waals surface area contributed by atoms with E-state index in [1.54, 1.807) is 30.5 Å². The summed E-state index contributed by atoms with van der Waals surface area (Å²) in [6, 6.07) is 5.39. The van der Waals surface area contributed by atoms with Crippen molar-refractivity contribution in [1.29, 1.82) is 5.26 Å². The van der Waals surface area contributed by atoms with Crippen LogP contribution in [0.25, 0.3) is 11.4 Å². The number of nitrogens with one attached hydrogen (secondary N) is 1. The van der Waals surface area contributed by atoms with Gasteiger partial charge in [-0.05, 0) is 55.7 Å². The summed E-state index contributed by atoms with van der Waals surface area (Å²) >= 11 is 0. The highest BCUT2D eigenvalue weighted by Crippen LogP contribution is 2.33. The number of pyridine rings is 1. The maximum Gasteiger partial charge on any atom is 0.252 e. The van der Waals surface area contributed by atoms with Crippen LogP contribution in [0.3, 0.4) is 0 Å². The molecule has 0 saturated carbocycles. The zero-order valence-corrected chi connectivity index (χ0v) is 15.1. The highest BCUT2D eigenvalue weighted by Gasteiger charge is 2.18. The number of hydrogen-bond acceptors (Lipinski definition) is 5. The molecule has 0 spiro atoms. The summed E-state index contributed by atoms with van der Waals surface area (Å²) in [4.78, 5) is 16.1. The lowest BCUT2D eigenvalue weighted by molar-refractivity contribution is 0.0955. The highest BCUT2D eigenvalue weighted by atomic mass is 16.3. The Hall–Kier alpha value is -3.66. The van der Waals surface area contributed by atoms with Gasteiger partial charge in [-0.25, -0.2) is 4.98 Å². The number of carbonyl (C=O) groups excluding carboxylic acids is 1. The molecular formula is C20H19N5O2. The summed E-state index contributed by atoms with van der Waals surface area (Å²) in [5.41, 5.74) is 3.37. The SMILES string of the molecule is CCNC(=O)c1ccc(-n2ncc(C3=C(C)C=C(C#N)C=CC3)c2O)nc1. The molecule has 2 heterocycles. The van der Waals surface area contributed by atoms with Crippen LogP contribution in [0, 0.1) is 11.3 Å². The molecule has 0 saturated heterocycles. The van der Waals surface area contributed by atoms with Gasteiger partial charge in [-0.15, -0.1) is 0 Å². The van der Waals surface area contributed by atoms with Crippen molar-refractivity contribution in [2.24, 2.45) is 0 Å². The second-order valence-corrected chi connectivity index (χ2v) is 6.04. The Kier molecular flexibility index (Phi) is 5.18. The molecule has 27 heavy (non-hydrogen) atoms. The number of nitriles is 1. The van der Waals surface area contributed by atoms with E-state index >= 15 is 0 Å². The number of allylic oxidation sites excluding steroid dienone is 6. The van der Waals surface area contributed by atoms with Crippen molar-refractivity contribution in [2.45, 2.75) is 20.3 Å². The van der Waals surface area contributed by atoms with Gasteiger partial charge < -0.3 is 10.4 Å². The normalized spacial score (nSPS) is 13.7. The molecule has 2 aromatic rings. The molecule has 0 bridgehead atoms. The van der Waals surface area contributed by atoms with Crippen molar-refractivity contribution in [1.82, 2.24) is 20.1 Å². The minimum absolute atomic E-state index is 0.0372. The number of carbonyl (C=O) groups is 1. The second-order valence-electron chi connectivity index (χ2n) is 6.04. The first-order valence-electron chi connectivity index (χ1n) is 8.55. The molecule has 2 aromatic heterocycles. The first-order chi connectivity index (χ1) is 13.0. The topological polar surface area (TPSA) is 104 Å². The maximum atomic E-state index is 11.8. The summed E-state index contributed by atoms with van der Waals surface area (Å²) < 4.78 is 1.32. The fourth-order valence-electron chi connectivity index (χ4n) is 2.86. The van der Waals surface area contributed by atoms with Gasteiger partial charge in [0.05, 0.1) is 29.0 Å². The fraction of sp³-hybridized carbons (Fsp3) is 0.200. The van der Waals surface area contributed by atoms with Crippen molar-refractivity contribution in [2.75, 3.05) is 6.54 Å². The second kappa shape index (κ2) is 7.70. The van der Waals surface area contributed by atoms with Crippen molar-refractivity contribution < 1.29 is 9.90 Å². The van der Waals surface area contributed by atoms with E-state index in [0.717, 1.165) is 11.1 Å². The van der Waals surface area contributed by atoms with E-state index in [-0.39, 0.29) is 11.8 Å². The Morgan fingerprint density at radius 2 is 2.22 bits per heavy atom. The van der Waals surface area contributed by atoms with E-state index in [4.69, 9.17) is 5.26 Å². The largest absolute Gasteiger partial charge is 0.493 e. The standard InChI is InChI=1S/C20H19N5O2/c1-3-22-19(26)15-7-8-18(23-11-15)25-20(27)17(12-24-25)16-6-4-5-14(10-21)9-13(16)2/h4-5,7-9,11-12,27H,3,6H2,1-2H3,(H,22,26). The molecule has 0 aromatic carbocycles. The molecule has 0 aliphatic heterocycles. The maximum absolute atomic E-state index is 11.8. The molecule has 0 atom stereocenters. The Morgan fingerprint density at radius 3 is 2.89 bits per heavy atom. The van der Waals surface area contributed by atoms with Gasteiger partial charge in [0, 0.05) is 12.7 Å². The molecule has 0 radical (unpaired) electrons. The van der Waals surface area contributed by atoms with Crippen LogP contribution in [-0.4, -0.2) is 32.3 Å². The lowest BCUT2D eigenvalue weighted by Crippen LogP contribution is -2.22. The molecule has 1 amide bonds. The van der Waals surface area contributed by atoms with Crippen LogP contribution in [0.1, 0.15) is 36.2 Å². The first kappa shape index (κ1) is 18.1. The van der Waals surface area contributed by atoms with Gasteiger partial charge in [0.2, 0.25) is 5.88 Å². The molecule has 3 rings (SSSR count). The van der Waals surface area contributed by atoms with Crippen molar-refractivity contribution >= 4 is 11.5 Å². The molecule has 0 unspecified atom stereocenters. The molecule has 7 nitrogen and oxygen atoms in total. The molecule has 1 aliphatic carbocycles. The van der Waals surface area contributed by atoms with Gasteiger partial charge in [-0.3, -0.25) is 4.79 Å². The number of rotatable bonds is 4. The van der Waals surface area contributed by atoms with Crippen molar-refractivity contribution in [3.8, 4) is 17.8 Å². The summed E-state index contributed by atoms with van der Waals surface area (Å²) in [5, 5.41) is 26.7. The number of nitrogens with zero attached hydrogens (tertiary/aromatic N) is 4. The van der Waals surface area contributed by atoms with Crippen LogP contribution in [0.2, 0.25) is 0 Å². The molecule has 136 valence electrons. The summed E-state index contributed by atoms with van der Waals surface area (Å²) in [5.74, 6) is 0.167. The zero-order valence-electron chi connectivity index (χ0n) is 15.1.